The van der Waals surface area contributed by atoms with Gasteiger partial charge in [0.2, 0.25) is 0 Å². The number of nitrogen functional groups attached to an aromatic ring is 1. The molecule has 0 radical (unpaired) electrons. The fourth-order valence-corrected chi connectivity index (χ4v) is 2.46. The third-order valence-electron chi connectivity index (χ3n) is 2.74. The summed E-state index contributed by atoms with van der Waals surface area (Å²) in [6.45, 7) is 3.58. The minimum Gasteiger partial charge on any atom is -0.375 e. The van der Waals surface area contributed by atoms with Crippen molar-refractivity contribution in [2.24, 2.45) is 0 Å². The van der Waals surface area contributed by atoms with Crippen LogP contribution in [0.3, 0.4) is 0 Å². The molecule has 100 valence electrons. The van der Waals surface area contributed by atoms with Gasteiger partial charge in [-0.1, -0.05) is 23.5 Å². The molecule has 2 rings (SSSR count). The second-order valence-electron chi connectivity index (χ2n) is 4.21. The quantitative estimate of drug-likeness (QED) is 0.907. The number of carbonyl (C=O) groups is 1. The zero-order valence-corrected chi connectivity index (χ0v) is 11.4. The highest BCUT2D eigenvalue weighted by atomic mass is 32.1. The first-order chi connectivity index (χ1) is 8.97. The Morgan fingerprint density at radius 3 is 2.58 bits per heavy atom. The van der Waals surface area contributed by atoms with Gasteiger partial charge in [-0.2, -0.15) is 0 Å². The van der Waals surface area contributed by atoms with Crippen LogP contribution in [0.25, 0.3) is 0 Å². The summed E-state index contributed by atoms with van der Waals surface area (Å²) >= 11 is 1.16. The number of nitrogens with one attached hydrogen (secondary N) is 1. The highest BCUT2D eigenvalue weighted by Gasteiger charge is 2.16. The van der Waals surface area contributed by atoms with Crippen LogP contribution in [0.2, 0.25) is 0 Å². The van der Waals surface area contributed by atoms with Crippen molar-refractivity contribution >= 4 is 22.4 Å². The number of thiazole rings is 1. The summed E-state index contributed by atoms with van der Waals surface area (Å²) in [5.41, 5.74) is 7.02. The lowest BCUT2D eigenvalue weighted by molar-refractivity contribution is 0.0943. The maximum absolute atomic E-state index is 12.8. The van der Waals surface area contributed by atoms with Crippen molar-refractivity contribution < 1.29 is 9.18 Å². The van der Waals surface area contributed by atoms with E-state index in [-0.39, 0.29) is 17.8 Å². The second kappa shape index (κ2) is 5.36. The molecule has 6 heteroatoms. The van der Waals surface area contributed by atoms with E-state index in [1.807, 2.05) is 6.92 Å². The topological polar surface area (TPSA) is 68.0 Å². The summed E-state index contributed by atoms with van der Waals surface area (Å²) in [6.07, 6.45) is 0. The molecular weight excluding hydrogens is 265 g/mol. The number of hydrogen-bond donors (Lipinski definition) is 2. The van der Waals surface area contributed by atoms with E-state index in [1.54, 1.807) is 19.1 Å². The summed E-state index contributed by atoms with van der Waals surface area (Å²) in [7, 11) is 0. The Hall–Kier alpha value is -1.95. The van der Waals surface area contributed by atoms with Gasteiger partial charge in [0.15, 0.2) is 5.13 Å². The van der Waals surface area contributed by atoms with Crippen molar-refractivity contribution in [2.75, 3.05) is 5.73 Å². The van der Waals surface area contributed by atoms with Gasteiger partial charge in [-0.05, 0) is 31.5 Å². The Balaban J connectivity index is 2.10. The normalized spacial score (nSPS) is 12.2. The van der Waals surface area contributed by atoms with Gasteiger partial charge in [0, 0.05) is 0 Å². The van der Waals surface area contributed by atoms with Crippen LogP contribution < -0.4 is 11.1 Å². The molecule has 1 aromatic carbocycles. The van der Waals surface area contributed by atoms with E-state index in [0.29, 0.717) is 15.7 Å². The number of nitrogens with zero attached hydrogens (tertiary/aromatic N) is 1. The van der Waals surface area contributed by atoms with Crippen LogP contribution >= 0.6 is 11.3 Å². The molecule has 0 unspecified atom stereocenters. The number of halogens is 1. The average molecular weight is 279 g/mol. The lowest BCUT2D eigenvalue weighted by Gasteiger charge is -2.13. The van der Waals surface area contributed by atoms with Crippen molar-refractivity contribution in [1.29, 1.82) is 0 Å². The van der Waals surface area contributed by atoms with Crippen LogP contribution in [0.4, 0.5) is 9.52 Å². The summed E-state index contributed by atoms with van der Waals surface area (Å²) < 4.78 is 12.8. The van der Waals surface area contributed by atoms with Gasteiger partial charge in [-0.25, -0.2) is 9.37 Å². The first kappa shape index (κ1) is 13.5. The number of aromatic nitrogens is 1. The Kier molecular flexibility index (Phi) is 3.80. The molecule has 1 heterocycles. The van der Waals surface area contributed by atoms with Gasteiger partial charge in [-0.15, -0.1) is 0 Å². The molecule has 1 amide bonds. The molecule has 0 bridgehead atoms. The third kappa shape index (κ3) is 3.08. The minimum atomic E-state index is -0.298. The Bertz CT molecular complexity index is 594. The van der Waals surface area contributed by atoms with Crippen LogP contribution in [0.5, 0.6) is 0 Å². The Morgan fingerprint density at radius 1 is 1.42 bits per heavy atom. The first-order valence-electron chi connectivity index (χ1n) is 5.76. The predicted octanol–water partition coefficient (Wildman–Crippen LogP) is 2.66. The van der Waals surface area contributed by atoms with Gasteiger partial charge in [-0.3, -0.25) is 4.79 Å². The maximum Gasteiger partial charge on any atom is 0.263 e. The molecule has 0 fully saturated rings. The molecule has 3 N–H and O–H groups in total. The average Bonchev–Trinajstić information content (AvgIpc) is 2.69. The summed E-state index contributed by atoms with van der Waals surface area (Å²) in [5, 5.41) is 3.21. The lowest BCUT2D eigenvalue weighted by atomic mass is 10.1. The largest absolute Gasteiger partial charge is 0.375 e. The molecule has 0 aliphatic carbocycles. The standard InChI is InChI=1S/C13H14FN3OS/c1-7(9-3-5-10(14)6-4-9)16-12(18)11-8(2)17-13(15)19-11/h3-7H,1-2H3,(H2,15,17)(H,16,18)/t7-/m1/s1. The van der Waals surface area contributed by atoms with Crippen LogP contribution in [0, 0.1) is 12.7 Å². The molecule has 0 saturated carbocycles. The van der Waals surface area contributed by atoms with Gasteiger partial charge in [0.1, 0.15) is 10.7 Å². The van der Waals surface area contributed by atoms with Crippen LogP contribution in [-0.2, 0) is 0 Å². The highest BCUT2D eigenvalue weighted by molar-refractivity contribution is 7.17. The molecule has 1 atom stereocenters. The monoisotopic (exact) mass is 279 g/mol. The third-order valence-corrected chi connectivity index (χ3v) is 3.72. The van der Waals surface area contributed by atoms with Crippen molar-refractivity contribution in [2.45, 2.75) is 19.9 Å². The molecule has 1 aromatic heterocycles. The molecule has 2 aromatic rings. The first-order valence-corrected chi connectivity index (χ1v) is 6.58. The van der Waals surface area contributed by atoms with Crippen molar-refractivity contribution in [3.63, 3.8) is 0 Å². The molecule has 0 aliphatic rings. The number of amides is 1. The number of benzene rings is 1. The fraction of sp³-hybridized carbons (Fsp3) is 0.231. The number of rotatable bonds is 3. The van der Waals surface area contributed by atoms with Crippen molar-refractivity contribution in [3.8, 4) is 0 Å². The number of carbonyl (C=O) groups excluding carboxylic acids is 1. The molecule has 0 spiro atoms. The zero-order valence-electron chi connectivity index (χ0n) is 10.6. The van der Waals surface area contributed by atoms with E-state index in [1.165, 1.54) is 12.1 Å². The van der Waals surface area contributed by atoms with Crippen molar-refractivity contribution in [1.82, 2.24) is 10.3 Å². The number of nitrogens with two attached hydrogens (primary N) is 1. The van der Waals surface area contributed by atoms with E-state index < -0.39 is 0 Å². The number of hydrogen-bond acceptors (Lipinski definition) is 4. The van der Waals surface area contributed by atoms with Crippen LogP contribution in [0.15, 0.2) is 24.3 Å². The lowest BCUT2D eigenvalue weighted by Crippen LogP contribution is -2.26. The SMILES string of the molecule is Cc1nc(N)sc1C(=O)N[C@H](C)c1ccc(F)cc1. The summed E-state index contributed by atoms with van der Waals surface area (Å²) in [6, 6.07) is 5.82. The molecule has 4 nitrogen and oxygen atoms in total. The van der Waals surface area contributed by atoms with E-state index in [0.717, 1.165) is 16.9 Å². The van der Waals surface area contributed by atoms with Gasteiger partial charge >= 0.3 is 0 Å². The van der Waals surface area contributed by atoms with Gasteiger partial charge in [0.05, 0.1) is 11.7 Å². The Morgan fingerprint density at radius 2 is 2.05 bits per heavy atom. The molecule has 0 aliphatic heterocycles. The predicted molar refractivity (Wildman–Crippen MR) is 73.5 cm³/mol. The smallest absolute Gasteiger partial charge is 0.263 e. The van der Waals surface area contributed by atoms with Crippen LogP contribution in [0.1, 0.15) is 33.9 Å². The zero-order chi connectivity index (χ0) is 14.0. The Labute approximate surface area is 114 Å². The van der Waals surface area contributed by atoms with Crippen LogP contribution in [-0.4, -0.2) is 10.9 Å². The number of aryl methyl sites for hydroxylation is 1. The summed E-state index contributed by atoms with van der Waals surface area (Å²) in [4.78, 5) is 16.6. The fourth-order valence-electron chi connectivity index (χ4n) is 1.72. The second-order valence-corrected chi connectivity index (χ2v) is 5.24. The molecule has 0 saturated heterocycles. The number of anilines is 1. The van der Waals surface area contributed by atoms with E-state index in [4.69, 9.17) is 5.73 Å². The van der Waals surface area contributed by atoms with E-state index in [2.05, 4.69) is 10.3 Å². The highest BCUT2D eigenvalue weighted by Crippen LogP contribution is 2.21. The molecule has 19 heavy (non-hydrogen) atoms. The van der Waals surface area contributed by atoms with Gasteiger partial charge < -0.3 is 11.1 Å². The van der Waals surface area contributed by atoms with E-state index >= 15 is 0 Å². The van der Waals surface area contributed by atoms with Crippen molar-refractivity contribution in [3.05, 3.63) is 46.2 Å². The molecular formula is C13H14FN3OS. The summed E-state index contributed by atoms with van der Waals surface area (Å²) in [5.74, 6) is -0.517. The van der Waals surface area contributed by atoms with Gasteiger partial charge in [0.25, 0.3) is 5.91 Å². The maximum atomic E-state index is 12.8. The van der Waals surface area contributed by atoms with E-state index in [9.17, 15) is 9.18 Å². The minimum absolute atomic E-state index is 0.212.